The number of fused-ring (bicyclic) bond motifs is 1. The van der Waals surface area contributed by atoms with Gasteiger partial charge in [-0.3, -0.25) is 4.79 Å². The molecule has 6 heteroatoms. The van der Waals surface area contributed by atoms with Gasteiger partial charge in [0.1, 0.15) is 0 Å². The summed E-state index contributed by atoms with van der Waals surface area (Å²) in [6, 6.07) is 13.9. The Morgan fingerprint density at radius 2 is 2.15 bits per heavy atom. The summed E-state index contributed by atoms with van der Waals surface area (Å²) in [6.07, 6.45) is 1.96. The highest BCUT2D eigenvalue weighted by Gasteiger charge is 2.24. The van der Waals surface area contributed by atoms with Gasteiger partial charge in [0.05, 0.1) is 12.5 Å². The molecule has 26 heavy (non-hydrogen) atoms. The molecule has 2 aromatic carbocycles. The minimum absolute atomic E-state index is 0.0505. The summed E-state index contributed by atoms with van der Waals surface area (Å²) in [5, 5.41) is 11.8. The van der Waals surface area contributed by atoms with E-state index < -0.39 is 0 Å². The molecule has 1 fully saturated rings. The molecule has 4 rings (SSSR count). The van der Waals surface area contributed by atoms with E-state index in [1.807, 2.05) is 18.2 Å². The number of thiophene rings is 1. The lowest BCUT2D eigenvalue weighted by Gasteiger charge is -2.14. The Bertz CT molecular complexity index is 957. The van der Waals surface area contributed by atoms with Gasteiger partial charge in [0.15, 0.2) is 0 Å². The Morgan fingerprint density at radius 3 is 2.88 bits per heavy atom. The van der Waals surface area contributed by atoms with E-state index in [0.717, 1.165) is 22.2 Å². The van der Waals surface area contributed by atoms with E-state index in [2.05, 4.69) is 23.5 Å². The molecule has 0 radical (unpaired) electrons. The summed E-state index contributed by atoms with van der Waals surface area (Å²) >= 11 is 1.65. The van der Waals surface area contributed by atoms with Crippen LogP contribution < -0.4 is 11.1 Å². The first-order valence-corrected chi connectivity index (χ1v) is 9.29. The van der Waals surface area contributed by atoms with Crippen LogP contribution in [0.1, 0.15) is 12.0 Å². The van der Waals surface area contributed by atoms with Crippen LogP contribution in [0.3, 0.4) is 0 Å². The fraction of sp³-hybridized carbons (Fsp3) is 0.200. The van der Waals surface area contributed by atoms with Crippen molar-refractivity contribution < 1.29 is 9.53 Å². The lowest BCUT2D eigenvalue weighted by molar-refractivity contribution is -0.119. The SMILES string of the molecule is N=Cc1cc(NC(=O)C2CCOC2)cc(-c2cc3ccccc3s2)c1N. The summed E-state index contributed by atoms with van der Waals surface area (Å²) < 4.78 is 6.47. The third-order valence-electron chi connectivity index (χ3n) is 4.63. The molecule has 0 saturated carbocycles. The molecule has 1 aliphatic heterocycles. The average molecular weight is 365 g/mol. The van der Waals surface area contributed by atoms with Crippen molar-refractivity contribution in [2.24, 2.45) is 5.92 Å². The number of anilines is 2. The maximum atomic E-state index is 12.4. The van der Waals surface area contributed by atoms with Crippen molar-refractivity contribution in [1.29, 1.82) is 5.41 Å². The highest BCUT2D eigenvalue weighted by molar-refractivity contribution is 7.22. The molecule has 2 heterocycles. The van der Waals surface area contributed by atoms with Crippen molar-refractivity contribution in [3.63, 3.8) is 0 Å². The fourth-order valence-electron chi connectivity index (χ4n) is 3.17. The van der Waals surface area contributed by atoms with E-state index in [1.54, 1.807) is 17.4 Å². The minimum atomic E-state index is -0.122. The van der Waals surface area contributed by atoms with Gasteiger partial charge < -0.3 is 21.2 Å². The molecule has 1 unspecified atom stereocenters. The van der Waals surface area contributed by atoms with Crippen molar-refractivity contribution in [3.8, 4) is 10.4 Å². The average Bonchev–Trinajstić information content (AvgIpc) is 3.32. The number of ether oxygens (including phenoxy) is 1. The van der Waals surface area contributed by atoms with Crippen LogP contribution in [0.4, 0.5) is 11.4 Å². The van der Waals surface area contributed by atoms with Crippen LogP contribution in [0.2, 0.25) is 0 Å². The lowest BCUT2D eigenvalue weighted by Crippen LogP contribution is -2.23. The van der Waals surface area contributed by atoms with E-state index in [4.69, 9.17) is 15.9 Å². The molecule has 3 aromatic rings. The van der Waals surface area contributed by atoms with Gasteiger partial charge in [-0.1, -0.05) is 18.2 Å². The Balaban J connectivity index is 1.73. The molecule has 5 nitrogen and oxygen atoms in total. The number of nitrogens with one attached hydrogen (secondary N) is 2. The molecule has 0 bridgehead atoms. The summed E-state index contributed by atoms with van der Waals surface area (Å²) in [6.45, 7) is 1.08. The molecule has 1 atom stereocenters. The zero-order valence-corrected chi connectivity index (χ0v) is 14.9. The van der Waals surface area contributed by atoms with Crippen molar-refractivity contribution >= 4 is 44.9 Å². The van der Waals surface area contributed by atoms with Crippen LogP contribution >= 0.6 is 11.3 Å². The van der Waals surface area contributed by atoms with E-state index in [-0.39, 0.29) is 11.8 Å². The van der Waals surface area contributed by atoms with E-state index in [9.17, 15) is 4.79 Å². The zero-order chi connectivity index (χ0) is 18.1. The molecule has 0 aliphatic carbocycles. The smallest absolute Gasteiger partial charge is 0.229 e. The molecule has 1 amide bonds. The quantitative estimate of drug-likeness (QED) is 0.480. The molecule has 4 N–H and O–H groups in total. The van der Waals surface area contributed by atoms with Gasteiger partial charge in [-0.25, -0.2) is 0 Å². The van der Waals surface area contributed by atoms with Crippen LogP contribution in [0, 0.1) is 11.3 Å². The number of nitrogens with two attached hydrogens (primary N) is 1. The van der Waals surface area contributed by atoms with Crippen LogP contribution in [0.25, 0.3) is 20.5 Å². The van der Waals surface area contributed by atoms with Crippen molar-refractivity contribution in [1.82, 2.24) is 0 Å². The zero-order valence-electron chi connectivity index (χ0n) is 14.1. The summed E-state index contributed by atoms with van der Waals surface area (Å²) in [7, 11) is 0. The fourth-order valence-corrected chi connectivity index (χ4v) is 4.26. The van der Waals surface area contributed by atoms with Gasteiger partial charge in [0.25, 0.3) is 0 Å². The number of carbonyl (C=O) groups excluding carboxylic acids is 1. The summed E-state index contributed by atoms with van der Waals surface area (Å²) in [5.74, 6) is -0.172. The molecule has 0 spiro atoms. The van der Waals surface area contributed by atoms with Crippen LogP contribution in [0.5, 0.6) is 0 Å². The first-order valence-electron chi connectivity index (χ1n) is 8.47. The molecule has 1 aromatic heterocycles. The molecule has 132 valence electrons. The van der Waals surface area contributed by atoms with Crippen LogP contribution in [0.15, 0.2) is 42.5 Å². The second-order valence-corrected chi connectivity index (χ2v) is 7.45. The number of benzene rings is 2. The predicted molar refractivity (Wildman–Crippen MR) is 107 cm³/mol. The second kappa shape index (κ2) is 6.90. The maximum Gasteiger partial charge on any atom is 0.229 e. The topological polar surface area (TPSA) is 88.2 Å². The third kappa shape index (κ3) is 3.09. The van der Waals surface area contributed by atoms with Gasteiger partial charge in [-0.05, 0) is 36.1 Å². The third-order valence-corrected chi connectivity index (χ3v) is 5.78. The van der Waals surface area contributed by atoms with Crippen molar-refractivity contribution in [2.75, 3.05) is 24.3 Å². The Hall–Kier alpha value is -2.70. The number of hydrogen-bond acceptors (Lipinski definition) is 5. The van der Waals surface area contributed by atoms with Gasteiger partial charge in [-0.2, -0.15) is 0 Å². The lowest BCUT2D eigenvalue weighted by atomic mass is 10.0. The minimum Gasteiger partial charge on any atom is -0.398 e. The van der Waals surface area contributed by atoms with E-state index >= 15 is 0 Å². The van der Waals surface area contributed by atoms with Crippen LogP contribution in [-0.4, -0.2) is 25.3 Å². The standard InChI is InChI=1S/C20H19N3O2S/c21-10-14-7-15(23-20(24)13-5-6-25-11-13)9-16(19(14)22)18-8-12-3-1-2-4-17(12)26-18/h1-4,7-10,13,21H,5-6,11,22H2,(H,23,24). The molecular weight excluding hydrogens is 346 g/mol. The monoisotopic (exact) mass is 365 g/mol. The van der Waals surface area contributed by atoms with Gasteiger partial charge in [0.2, 0.25) is 5.91 Å². The Morgan fingerprint density at radius 1 is 1.31 bits per heavy atom. The normalized spacial score (nSPS) is 16.7. The Kier molecular flexibility index (Phi) is 4.44. The Labute approximate surface area is 155 Å². The maximum absolute atomic E-state index is 12.4. The van der Waals surface area contributed by atoms with Gasteiger partial charge in [-0.15, -0.1) is 11.3 Å². The van der Waals surface area contributed by atoms with Crippen LogP contribution in [-0.2, 0) is 9.53 Å². The highest BCUT2D eigenvalue weighted by atomic mass is 32.1. The largest absolute Gasteiger partial charge is 0.398 e. The summed E-state index contributed by atoms with van der Waals surface area (Å²) in [4.78, 5) is 13.4. The second-order valence-electron chi connectivity index (χ2n) is 6.37. The van der Waals surface area contributed by atoms with Crippen molar-refractivity contribution in [3.05, 3.63) is 48.0 Å². The molecular formula is C20H19N3O2S. The predicted octanol–water partition coefficient (Wildman–Crippen LogP) is 4.12. The molecule has 1 saturated heterocycles. The van der Waals surface area contributed by atoms with E-state index in [0.29, 0.717) is 30.2 Å². The highest BCUT2D eigenvalue weighted by Crippen LogP contribution is 2.39. The summed E-state index contributed by atoms with van der Waals surface area (Å²) in [5.41, 5.74) is 8.93. The number of carbonyl (C=O) groups is 1. The first kappa shape index (κ1) is 16.8. The number of nitrogen functional groups attached to an aromatic ring is 1. The number of rotatable bonds is 4. The van der Waals surface area contributed by atoms with Crippen molar-refractivity contribution in [2.45, 2.75) is 6.42 Å². The van der Waals surface area contributed by atoms with Gasteiger partial charge in [0, 0.05) is 44.9 Å². The number of hydrogen-bond donors (Lipinski definition) is 3. The first-order chi connectivity index (χ1) is 12.7. The number of amides is 1. The molecule has 1 aliphatic rings. The van der Waals surface area contributed by atoms with Gasteiger partial charge >= 0.3 is 0 Å². The van der Waals surface area contributed by atoms with E-state index in [1.165, 1.54) is 10.9 Å².